The SMILES string of the molecule is Cn1nnc2ccc(-c3ccn4nc(NC5CCC(C)(N)CC5)ncc34)cc21. The first-order valence-electron chi connectivity index (χ1n) is 9.68. The van der Waals surface area contributed by atoms with Crippen LogP contribution in [0.15, 0.2) is 36.7 Å². The van der Waals surface area contributed by atoms with Crippen molar-refractivity contribution in [1.29, 1.82) is 0 Å². The smallest absolute Gasteiger partial charge is 0.241 e. The molecule has 0 aliphatic heterocycles. The van der Waals surface area contributed by atoms with E-state index in [0.717, 1.165) is 53.4 Å². The number of rotatable bonds is 3. The van der Waals surface area contributed by atoms with E-state index in [2.05, 4.69) is 50.8 Å². The van der Waals surface area contributed by atoms with E-state index >= 15 is 0 Å². The average molecular weight is 376 g/mol. The van der Waals surface area contributed by atoms with Gasteiger partial charge in [-0.15, -0.1) is 10.2 Å². The van der Waals surface area contributed by atoms with Gasteiger partial charge in [0, 0.05) is 30.4 Å². The van der Waals surface area contributed by atoms with Crippen molar-refractivity contribution in [3.63, 3.8) is 0 Å². The predicted molar refractivity (Wildman–Crippen MR) is 109 cm³/mol. The summed E-state index contributed by atoms with van der Waals surface area (Å²) in [6, 6.07) is 8.60. The number of aryl methyl sites for hydroxylation is 1. The number of hydrogen-bond acceptors (Lipinski definition) is 6. The van der Waals surface area contributed by atoms with E-state index in [1.807, 2.05) is 30.0 Å². The van der Waals surface area contributed by atoms with Crippen molar-refractivity contribution in [2.24, 2.45) is 12.8 Å². The molecule has 0 radical (unpaired) electrons. The fourth-order valence-corrected chi connectivity index (χ4v) is 4.01. The van der Waals surface area contributed by atoms with Gasteiger partial charge < -0.3 is 11.1 Å². The van der Waals surface area contributed by atoms with Crippen LogP contribution in [0.25, 0.3) is 27.7 Å². The third-order valence-electron chi connectivity index (χ3n) is 5.80. The van der Waals surface area contributed by atoms with Crippen molar-refractivity contribution < 1.29 is 0 Å². The summed E-state index contributed by atoms with van der Waals surface area (Å²) in [5.74, 6) is 0.659. The molecule has 0 atom stereocenters. The molecule has 8 nitrogen and oxygen atoms in total. The Morgan fingerprint density at radius 2 is 2.00 bits per heavy atom. The zero-order chi connectivity index (χ0) is 19.3. The largest absolute Gasteiger partial charge is 0.350 e. The Morgan fingerprint density at radius 1 is 1.18 bits per heavy atom. The molecule has 0 bridgehead atoms. The van der Waals surface area contributed by atoms with Crippen LogP contribution in [0.5, 0.6) is 0 Å². The van der Waals surface area contributed by atoms with Gasteiger partial charge in [0.2, 0.25) is 5.95 Å². The molecule has 0 amide bonds. The molecule has 4 aromatic rings. The number of anilines is 1. The first kappa shape index (κ1) is 17.1. The molecule has 28 heavy (non-hydrogen) atoms. The molecule has 144 valence electrons. The molecule has 8 heteroatoms. The van der Waals surface area contributed by atoms with Crippen molar-refractivity contribution in [2.45, 2.75) is 44.2 Å². The second-order valence-electron chi connectivity index (χ2n) is 8.13. The maximum absolute atomic E-state index is 6.23. The number of nitrogens with two attached hydrogens (primary N) is 1. The summed E-state index contributed by atoms with van der Waals surface area (Å²) in [6.07, 6.45) is 7.99. The fourth-order valence-electron chi connectivity index (χ4n) is 4.01. The minimum Gasteiger partial charge on any atom is -0.350 e. The Hall–Kier alpha value is -3.00. The molecule has 1 aliphatic rings. The van der Waals surface area contributed by atoms with E-state index in [-0.39, 0.29) is 5.54 Å². The van der Waals surface area contributed by atoms with Gasteiger partial charge in [0.05, 0.1) is 17.2 Å². The predicted octanol–water partition coefficient (Wildman–Crippen LogP) is 2.75. The number of aromatic nitrogens is 6. The van der Waals surface area contributed by atoms with Gasteiger partial charge in [0.25, 0.3) is 0 Å². The van der Waals surface area contributed by atoms with Crippen LogP contribution in [0.4, 0.5) is 5.95 Å². The lowest BCUT2D eigenvalue weighted by atomic mass is 9.82. The summed E-state index contributed by atoms with van der Waals surface area (Å²) in [7, 11) is 1.90. The highest BCUT2D eigenvalue weighted by atomic mass is 15.4. The minimum absolute atomic E-state index is 0.0389. The highest BCUT2D eigenvalue weighted by Crippen LogP contribution is 2.29. The second kappa shape index (κ2) is 6.27. The lowest BCUT2D eigenvalue weighted by Gasteiger charge is -2.34. The topological polar surface area (TPSA) is 99.0 Å². The van der Waals surface area contributed by atoms with Gasteiger partial charge in [-0.2, -0.15) is 0 Å². The van der Waals surface area contributed by atoms with Gasteiger partial charge in [0.1, 0.15) is 5.52 Å². The first-order chi connectivity index (χ1) is 13.5. The summed E-state index contributed by atoms with van der Waals surface area (Å²) >= 11 is 0. The van der Waals surface area contributed by atoms with E-state index < -0.39 is 0 Å². The maximum Gasteiger partial charge on any atom is 0.241 e. The van der Waals surface area contributed by atoms with Gasteiger partial charge in [-0.3, -0.25) is 0 Å². The van der Waals surface area contributed by atoms with Gasteiger partial charge >= 0.3 is 0 Å². The Morgan fingerprint density at radius 3 is 2.82 bits per heavy atom. The Bertz CT molecular complexity index is 1150. The Balaban J connectivity index is 1.42. The molecule has 1 saturated carbocycles. The normalized spacial score (nSPS) is 22.8. The van der Waals surface area contributed by atoms with Crippen molar-refractivity contribution >= 4 is 22.5 Å². The van der Waals surface area contributed by atoms with Crippen LogP contribution < -0.4 is 11.1 Å². The molecule has 0 spiro atoms. The summed E-state index contributed by atoms with van der Waals surface area (Å²) in [6.45, 7) is 2.13. The monoisotopic (exact) mass is 376 g/mol. The van der Waals surface area contributed by atoms with Crippen LogP contribution in [-0.2, 0) is 7.05 Å². The van der Waals surface area contributed by atoms with E-state index in [1.165, 1.54) is 0 Å². The van der Waals surface area contributed by atoms with Crippen molar-refractivity contribution in [3.05, 3.63) is 36.7 Å². The molecule has 0 unspecified atom stereocenters. The summed E-state index contributed by atoms with van der Waals surface area (Å²) < 4.78 is 3.67. The number of benzene rings is 1. The highest BCUT2D eigenvalue weighted by Gasteiger charge is 2.27. The molecule has 1 aromatic carbocycles. The number of nitrogens with zero attached hydrogens (tertiary/aromatic N) is 6. The van der Waals surface area contributed by atoms with Gasteiger partial charge in [-0.25, -0.2) is 14.2 Å². The standard InChI is InChI=1S/C20H24N8/c1-20(21)8-5-14(6-9-20)23-19-22-12-18-15(7-10-28(18)25-19)13-3-4-16-17(11-13)27(2)26-24-16/h3-4,7,10-12,14H,5-6,8-9,21H2,1-2H3,(H,23,25). The Labute approximate surface area is 162 Å². The quantitative estimate of drug-likeness (QED) is 0.570. The average Bonchev–Trinajstić information content (AvgIpc) is 3.27. The van der Waals surface area contributed by atoms with Crippen LogP contribution in [0, 0.1) is 0 Å². The van der Waals surface area contributed by atoms with Crippen LogP contribution in [0.1, 0.15) is 32.6 Å². The zero-order valence-electron chi connectivity index (χ0n) is 16.1. The minimum atomic E-state index is -0.0389. The summed E-state index contributed by atoms with van der Waals surface area (Å²) in [5, 5.41) is 16.3. The molecular weight excluding hydrogens is 352 g/mol. The maximum atomic E-state index is 6.23. The van der Waals surface area contributed by atoms with E-state index in [0.29, 0.717) is 12.0 Å². The molecular formula is C20H24N8. The van der Waals surface area contributed by atoms with Crippen LogP contribution >= 0.6 is 0 Å². The molecule has 3 heterocycles. The van der Waals surface area contributed by atoms with Gasteiger partial charge in [-0.1, -0.05) is 11.3 Å². The Kier molecular flexibility index (Phi) is 3.83. The van der Waals surface area contributed by atoms with E-state index in [4.69, 9.17) is 5.73 Å². The molecule has 0 saturated heterocycles. The van der Waals surface area contributed by atoms with Crippen LogP contribution in [0.3, 0.4) is 0 Å². The zero-order valence-corrected chi connectivity index (χ0v) is 16.1. The van der Waals surface area contributed by atoms with E-state index in [9.17, 15) is 0 Å². The summed E-state index contributed by atoms with van der Waals surface area (Å²) in [5.41, 5.74) is 11.2. The third kappa shape index (κ3) is 2.99. The number of fused-ring (bicyclic) bond motifs is 2. The third-order valence-corrected chi connectivity index (χ3v) is 5.80. The van der Waals surface area contributed by atoms with Crippen molar-refractivity contribution in [3.8, 4) is 11.1 Å². The molecule has 3 aromatic heterocycles. The van der Waals surface area contributed by atoms with E-state index in [1.54, 1.807) is 4.68 Å². The van der Waals surface area contributed by atoms with Crippen molar-refractivity contribution in [1.82, 2.24) is 29.6 Å². The number of nitrogens with one attached hydrogen (secondary N) is 1. The van der Waals surface area contributed by atoms with Crippen LogP contribution in [-0.4, -0.2) is 41.2 Å². The van der Waals surface area contributed by atoms with Crippen molar-refractivity contribution in [2.75, 3.05) is 5.32 Å². The first-order valence-corrected chi connectivity index (χ1v) is 9.68. The molecule has 5 rings (SSSR count). The second-order valence-corrected chi connectivity index (χ2v) is 8.13. The van der Waals surface area contributed by atoms with Crippen LogP contribution in [0.2, 0.25) is 0 Å². The molecule has 3 N–H and O–H groups in total. The van der Waals surface area contributed by atoms with Gasteiger partial charge in [0.15, 0.2) is 0 Å². The molecule has 1 fully saturated rings. The number of hydrogen-bond donors (Lipinski definition) is 2. The lowest BCUT2D eigenvalue weighted by molar-refractivity contribution is 0.305. The summed E-state index contributed by atoms with van der Waals surface area (Å²) in [4.78, 5) is 4.56. The molecule has 1 aliphatic carbocycles. The highest BCUT2D eigenvalue weighted by molar-refractivity contribution is 5.87. The fraction of sp³-hybridized carbons (Fsp3) is 0.400. The lowest BCUT2D eigenvalue weighted by Crippen LogP contribution is -2.43. The van der Waals surface area contributed by atoms with Gasteiger partial charge in [-0.05, 0) is 56.4 Å².